The molecule has 0 radical (unpaired) electrons. The van der Waals surface area contributed by atoms with Crippen LogP contribution < -0.4 is 5.73 Å². The molecule has 2 nitrogen and oxygen atoms in total. The van der Waals surface area contributed by atoms with Gasteiger partial charge < -0.3 is 5.73 Å². The molecule has 1 aromatic carbocycles. The summed E-state index contributed by atoms with van der Waals surface area (Å²) in [5.74, 6) is 0. The molecule has 0 saturated heterocycles. The van der Waals surface area contributed by atoms with Crippen LogP contribution in [0.5, 0.6) is 0 Å². The van der Waals surface area contributed by atoms with E-state index in [1.54, 1.807) is 11.3 Å². The lowest BCUT2D eigenvalue weighted by Crippen LogP contribution is -1.93. The molecule has 4 heteroatoms. The predicted molar refractivity (Wildman–Crippen MR) is 79.4 cm³/mol. The molecule has 0 bridgehead atoms. The summed E-state index contributed by atoms with van der Waals surface area (Å²) in [6, 6.07) is 7.96. The smallest absolute Gasteiger partial charge is 0.180 e. The Morgan fingerprint density at radius 1 is 1.28 bits per heavy atom. The molecular weight excluding hydrogens is 264 g/mol. The second-order valence-electron chi connectivity index (χ2n) is 4.33. The lowest BCUT2D eigenvalue weighted by molar-refractivity contribution is 0.775. The minimum absolute atomic E-state index is 0.671. The van der Waals surface area contributed by atoms with Crippen LogP contribution in [0.4, 0.5) is 5.13 Å². The maximum Gasteiger partial charge on any atom is 0.180 e. The van der Waals surface area contributed by atoms with Crippen molar-refractivity contribution >= 4 is 28.1 Å². The van der Waals surface area contributed by atoms with Crippen molar-refractivity contribution in [2.75, 3.05) is 5.73 Å². The Labute approximate surface area is 117 Å². The Hall–Kier alpha value is -1.06. The largest absolute Gasteiger partial charge is 0.375 e. The number of nitrogens with two attached hydrogens (primary N) is 1. The number of aryl methyl sites for hydroxylation is 1. The van der Waals surface area contributed by atoms with Gasteiger partial charge in [0.1, 0.15) is 0 Å². The molecule has 0 aliphatic rings. The number of halogens is 1. The third-order valence-electron chi connectivity index (χ3n) is 2.84. The van der Waals surface area contributed by atoms with Crippen molar-refractivity contribution in [1.82, 2.24) is 4.98 Å². The van der Waals surface area contributed by atoms with Gasteiger partial charge in [0, 0.05) is 16.3 Å². The van der Waals surface area contributed by atoms with Gasteiger partial charge in [-0.25, -0.2) is 4.98 Å². The van der Waals surface area contributed by atoms with Crippen LogP contribution in [-0.2, 0) is 12.8 Å². The van der Waals surface area contributed by atoms with Crippen LogP contribution in [0.3, 0.4) is 0 Å². The number of hydrogen-bond donors (Lipinski definition) is 1. The molecule has 96 valence electrons. The van der Waals surface area contributed by atoms with Gasteiger partial charge in [-0.05, 0) is 30.5 Å². The zero-order valence-corrected chi connectivity index (χ0v) is 12.0. The van der Waals surface area contributed by atoms with Crippen LogP contribution in [0, 0.1) is 0 Å². The summed E-state index contributed by atoms with van der Waals surface area (Å²) < 4.78 is 0. The van der Waals surface area contributed by atoms with E-state index < -0.39 is 0 Å². The number of unbranched alkanes of at least 4 members (excludes halogenated alkanes) is 1. The molecule has 1 heterocycles. The molecule has 0 fully saturated rings. The van der Waals surface area contributed by atoms with Gasteiger partial charge in [0.05, 0.1) is 5.69 Å². The van der Waals surface area contributed by atoms with Gasteiger partial charge in [0.2, 0.25) is 0 Å². The Kier molecular flexibility index (Phi) is 4.61. The number of nitrogen functional groups attached to an aromatic ring is 1. The second-order valence-corrected chi connectivity index (χ2v) is 5.88. The second kappa shape index (κ2) is 6.21. The maximum atomic E-state index is 5.89. The number of hydrogen-bond acceptors (Lipinski definition) is 3. The first-order chi connectivity index (χ1) is 8.69. The maximum absolute atomic E-state index is 5.89. The summed E-state index contributed by atoms with van der Waals surface area (Å²) in [5, 5.41) is 1.44. The molecule has 18 heavy (non-hydrogen) atoms. The van der Waals surface area contributed by atoms with Crippen LogP contribution in [-0.4, -0.2) is 4.98 Å². The van der Waals surface area contributed by atoms with E-state index in [-0.39, 0.29) is 0 Å². The molecule has 1 aromatic heterocycles. The molecule has 0 aliphatic heterocycles. The van der Waals surface area contributed by atoms with Crippen LogP contribution in [0.25, 0.3) is 0 Å². The van der Waals surface area contributed by atoms with E-state index in [2.05, 4.69) is 24.0 Å². The summed E-state index contributed by atoms with van der Waals surface area (Å²) in [4.78, 5) is 5.71. The highest BCUT2D eigenvalue weighted by atomic mass is 35.5. The van der Waals surface area contributed by atoms with E-state index in [0.29, 0.717) is 5.13 Å². The number of benzene rings is 1. The number of rotatable bonds is 5. The van der Waals surface area contributed by atoms with Gasteiger partial charge in [-0.15, -0.1) is 11.3 Å². The normalized spacial score (nSPS) is 10.8. The summed E-state index contributed by atoms with van der Waals surface area (Å²) in [5.41, 5.74) is 8.23. The molecular formula is C14H17ClN2S. The molecule has 2 rings (SSSR count). The standard InChI is InChI=1S/C14H17ClN2S/c1-2-3-4-12-13(18-14(16)17-12)9-10-5-7-11(15)8-6-10/h5-8H,2-4,9H2,1H3,(H2,16,17). The minimum Gasteiger partial charge on any atom is -0.375 e. The van der Waals surface area contributed by atoms with Gasteiger partial charge in [-0.3, -0.25) is 0 Å². The fraction of sp³-hybridized carbons (Fsp3) is 0.357. The summed E-state index contributed by atoms with van der Waals surface area (Å²) in [6.45, 7) is 2.19. The minimum atomic E-state index is 0.671. The first kappa shape index (κ1) is 13.4. The van der Waals surface area contributed by atoms with Crippen molar-refractivity contribution in [2.45, 2.75) is 32.6 Å². The summed E-state index contributed by atoms with van der Waals surface area (Å²) in [7, 11) is 0. The van der Waals surface area contributed by atoms with Crippen molar-refractivity contribution in [3.05, 3.63) is 45.4 Å². The fourth-order valence-corrected chi connectivity index (χ4v) is 2.91. The molecule has 0 saturated carbocycles. The van der Waals surface area contributed by atoms with E-state index in [1.807, 2.05) is 12.1 Å². The van der Waals surface area contributed by atoms with Crippen molar-refractivity contribution in [3.8, 4) is 0 Å². The first-order valence-corrected chi connectivity index (χ1v) is 7.37. The molecule has 0 unspecified atom stereocenters. The molecule has 0 aliphatic carbocycles. The van der Waals surface area contributed by atoms with Crippen molar-refractivity contribution in [3.63, 3.8) is 0 Å². The zero-order chi connectivity index (χ0) is 13.0. The van der Waals surface area contributed by atoms with Crippen LogP contribution in [0.2, 0.25) is 5.02 Å². The number of aromatic nitrogens is 1. The third kappa shape index (κ3) is 3.47. The number of thiazole rings is 1. The Morgan fingerprint density at radius 2 is 2.00 bits per heavy atom. The first-order valence-electron chi connectivity index (χ1n) is 6.17. The molecule has 0 atom stereocenters. The van der Waals surface area contributed by atoms with Gasteiger partial charge in [-0.1, -0.05) is 37.1 Å². The van der Waals surface area contributed by atoms with Gasteiger partial charge in [0.25, 0.3) is 0 Å². The average Bonchev–Trinajstić information content (AvgIpc) is 2.70. The predicted octanol–water partition coefficient (Wildman–Crippen LogP) is 4.31. The Bertz CT molecular complexity index is 505. The fourth-order valence-electron chi connectivity index (χ4n) is 1.87. The van der Waals surface area contributed by atoms with Crippen molar-refractivity contribution in [1.29, 1.82) is 0 Å². The van der Waals surface area contributed by atoms with Crippen LogP contribution in [0.1, 0.15) is 35.9 Å². The molecule has 2 N–H and O–H groups in total. The van der Waals surface area contributed by atoms with E-state index in [1.165, 1.54) is 16.9 Å². The molecule has 2 aromatic rings. The lowest BCUT2D eigenvalue weighted by Gasteiger charge is -2.02. The van der Waals surface area contributed by atoms with Crippen molar-refractivity contribution in [2.24, 2.45) is 0 Å². The van der Waals surface area contributed by atoms with E-state index in [9.17, 15) is 0 Å². The Balaban J connectivity index is 2.14. The summed E-state index contributed by atoms with van der Waals surface area (Å²) in [6.07, 6.45) is 4.26. The lowest BCUT2D eigenvalue weighted by atomic mass is 10.1. The quantitative estimate of drug-likeness (QED) is 0.886. The highest BCUT2D eigenvalue weighted by Gasteiger charge is 2.09. The third-order valence-corrected chi connectivity index (χ3v) is 4.02. The van der Waals surface area contributed by atoms with Gasteiger partial charge >= 0.3 is 0 Å². The topological polar surface area (TPSA) is 38.9 Å². The van der Waals surface area contributed by atoms with Gasteiger partial charge in [-0.2, -0.15) is 0 Å². The Morgan fingerprint density at radius 3 is 2.67 bits per heavy atom. The number of nitrogens with zero attached hydrogens (tertiary/aromatic N) is 1. The molecule has 0 amide bonds. The highest BCUT2D eigenvalue weighted by molar-refractivity contribution is 7.15. The SMILES string of the molecule is CCCCc1nc(N)sc1Cc1ccc(Cl)cc1. The zero-order valence-electron chi connectivity index (χ0n) is 10.4. The molecule has 0 spiro atoms. The summed E-state index contributed by atoms with van der Waals surface area (Å²) >= 11 is 7.49. The van der Waals surface area contributed by atoms with Gasteiger partial charge in [0.15, 0.2) is 5.13 Å². The average molecular weight is 281 g/mol. The highest BCUT2D eigenvalue weighted by Crippen LogP contribution is 2.25. The van der Waals surface area contributed by atoms with E-state index in [4.69, 9.17) is 17.3 Å². The van der Waals surface area contributed by atoms with Crippen LogP contribution in [0.15, 0.2) is 24.3 Å². The van der Waals surface area contributed by atoms with E-state index in [0.717, 1.165) is 30.0 Å². The monoisotopic (exact) mass is 280 g/mol. The number of anilines is 1. The van der Waals surface area contributed by atoms with E-state index >= 15 is 0 Å². The van der Waals surface area contributed by atoms with Crippen molar-refractivity contribution < 1.29 is 0 Å². The van der Waals surface area contributed by atoms with Crippen LogP contribution >= 0.6 is 22.9 Å².